The van der Waals surface area contributed by atoms with Gasteiger partial charge in [0.1, 0.15) is 17.2 Å². The van der Waals surface area contributed by atoms with Crippen LogP contribution in [0.5, 0.6) is 23.1 Å². The van der Waals surface area contributed by atoms with Gasteiger partial charge >= 0.3 is 0 Å². The summed E-state index contributed by atoms with van der Waals surface area (Å²) in [6, 6.07) is 18.0. The fourth-order valence-corrected chi connectivity index (χ4v) is 2.51. The first-order valence-electron chi connectivity index (χ1n) is 8.37. The van der Waals surface area contributed by atoms with Crippen LogP contribution in [0, 0.1) is 0 Å². The Hall–Kier alpha value is -3.54. The number of nitrogens with one attached hydrogen (secondary N) is 1. The highest BCUT2D eigenvalue weighted by atomic mass is 16.5. The second kappa shape index (κ2) is 8.71. The second-order valence-corrected chi connectivity index (χ2v) is 5.67. The van der Waals surface area contributed by atoms with E-state index in [1.165, 1.54) is 7.11 Å². The lowest BCUT2D eigenvalue weighted by Crippen LogP contribution is -2.23. The molecule has 3 aromatic rings. The number of hydrogen-bond acceptors (Lipinski definition) is 5. The minimum absolute atomic E-state index is 0.231. The lowest BCUT2D eigenvalue weighted by atomic mass is 10.1. The van der Waals surface area contributed by atoms with Crippen LogP contribution in [0.4, 0.5) is 0 Å². The largest absolute Gasteiger partial charge is 0.497 e. The number of carbonyl (C=O) groups excluding carboxylic acids is 1. The monoisotopic (exact) mass is 364 g/mol. The molecular formula is C21H20N2O4. The van der Waals surface area contributed by atoms with Crippen molar-refractivity contribution in [3.63, 3.8) is 0 Å². The van der Waals surface area contributed by atoms with Gasteiger partial charge in [-0.3, -0.25) is 4.79 Å². The Kier molecular flexibility index (Phi) is 5.89. The lowest BCUT2D eigenvalue weighted by Gasteiger charge is -2.11. The zero-order chi connectivity index (χ0) is 19.1. The molecule has 0 atom stereocenters. The van der Waals surface area contributed by atoms with E-state index in [1.807, 2.05) is 36.4 Å². The van der Waals surface area contributed by atoms with Gasteiger partial charge in [-0.1, -0.05) is 18.2 Å². The zero-order valence-electron chi connectivity index (χ0n) is 15.1. The van der Waals surface area contributed by atoms with Gasteiger partial charge < -0.3 is 19.5 Å². The molecule has 0 saturated heterocycles. The van der Waals surface area contributed by atoms with Crippen molar-refractivity contribution in [2.24, 2.45) is 0 Å². The van der Waals surface area contributed by atoms with Gasteiger partial charge in [0.2, 0.25) is 5.88 Å². The van der Waals surface area contributed by atoms with Crippen LogP contribution in [0.1, 0.15) is 15.9 Å². The Balaban J connectivity index is 1.66. The van der Waals surface area contributed by atoms with Crippen molar-refractivity contribution >= 4 is 5.91 Å². The van der Waals surface area contributed by atoms with Crippen molar-refractivity contribution in [1.82, 2.24) is 10.3 Å². The van der Waals surface area contributed by atoms with E-state index in [0.717, 1.165) is 5.56 Å². The van der Waals surface area contributed by atoms with E-state index >= 15 is 0 Å². The molecule has 6 nitrogen and oxygen atoms in total. The lowest BCUT2D eigenvalue weighted by molar-refractivity contribution is 0.0947. The molecule has 0 unspecified atom stereocenters. The first-order valence-corrected chi connectivity index (χ1v) is 8.37. The van der Waals surface area contributed by atoms with Crippen LogP contribution in [0.25, 0.3) is 0 Å². The third-order valence-corrected chi connectivity index (χ3v) is 3.87. The van der Waals surface area contributed by atoms with Crippen LogP contribution in [0.2, 0.25) is 0 Å². The number of ether oxygens (including phenoxy) is 3. The molecule has 0 bridgehead atoms. The topological polar surface area (TPSA) is 69.7 Å². The number of aromatic nitrogens is 1. The number of hydrogen-bond donors (Lipinski definition) is 1. The number of nitrogens with zero attached hydrogens (tertiary/aromatic N) is 1. The summed E-state index contributed by atoms with van der Waals surface area (Å²) in [5.41, 5.74) is 1.35. The van der Waals surface area contributed by atoms with E-state index in [4.69, 9.17) is 14.2 Å². The summed E-state index contributed by atoms with van der Waals surface area (Å²) >= 11 is 0. The fourth-order valence-electron chi connectivity index (χ4n) is 2.51. The standard InChI is InChI=1S/C21H20N2O4/c1-25-16-9-10-18(19(13-16)26-2)21(24)23-14-15-6-5-7-17(12-15)27-20-8-3-4-11-22-20/h3-13H,14H2,1-2H3,(H,23,24). The minimum Gasteiger partial charge on any atom is -0.497 e. The fraction of sp³-hybridized carbons (Fsp3) is 0.143. The number of carbonyl (C=O) groups is 1. The SMILES string of the molecule is COc1ccc(C(=O)NCc2cccc(Oc3ccccn3)c2)c(OC)c1. The summed E-state index contributed by atoms with van der Waals surface area (Å²) in [5.74, 6) is 2.02. The van der Waals surface area contributed by atoms with E-state index in [1.54, 1.807) is 37.6 Å². The summed E-state index contributed by atoms with van der Waals surface area (Å²) in [6.07, 6.45) is 1.67. The van der Waals surface area contributed by atoms with Gasteiger partial charge in [0.25, 0.3) is 5.91 Å². The quantitative estimate of drug-likeness (QED) is 0.690. The van der Waals surface area contributed by atoms with Crippen LogP contribution < -0.4 is 19.5 Å². The van der Waals surface area contributed by atoms with Gasteiger partial charge in [0.15, 0.2) is 0 Å². The van der Waals surface area contributed by atoms with Crippen LogP contribution in [-0.2, 0) is 6.54 Å². The molecule has 3 rings (SSSR count). The van der Waals surface area contributed by atoms with Gasteiger partial charge in [-0.05, 0) is 35.9 Å². The Bertz CT molecular complexity index is 913. The van der Waals surface area contributed by atoms with Gasteiger partial charge in [0.05, 0.1) is 19.8 Å². The van der Waals surface area contributed by atoms with Gasteiger partial charge in [-0.25, -0.2) is 4.98 Å². The highest BCUT2D eigenvalue weighted by Crippen LogP contribution is 2.25. The first-order chi connectivity index (χ1) is 13.2. The van der Waals surface area contributed by atoms with E-state index in [0.29, 0.717) is 35.2 Å². The number of benzene rings is 2. The van der Waals surface area contributed by atoms with Gasteiger partial charge in [-0.2, -0.15) is 0 Å². The number of methoxy groups -OCH3 is 2. The molecule has 0 saturated carbocycles. The van der Waals surface area contributed by atoms with Crippen molar-refractivity contribution in [3.05, 3.63) is 78.0 Å². The predicted octanol–water partition coefficient (Wildman–Crippen LogP) is 3.82. The normalized spacial score (nSPS) is 10.1. The van der Waals surface area contributed by atoms with Crippen LogP contribution in [-0.4, -0.2) is 25.1 Å². The Morgan fingerprint density at radius 1 is 0.963 bits per heavy atom. The summed E-state index contributed by atoms with van der Waals surface area (Å²) < 4.78 is 16.1. The van der Waals surface area contributed by atoms with Gasteiger partial charge in [-0.15, -0.1) is 0 Å². The van der Waals surface area contributed by atoms with Crippen LogP contribution in [0.15, 0.2) is 66.9 Å². The molecule has 1 amide bonds. The Labute approximate surface area is 157 Å². The van der Waals surface area contributed by atoms with Gasteiger partial charge in [0, 0.05) is 24.9 Å². The molecule has 0 fully saturated rings. The summed E-state index contributed by atoms with van der Waals surface area (Å²) in [6.45, 7) is 0.355. The maximum atomic E-state index is 12.5. The molecule has 1 aromatic heterocycles. The Morgan fingerprint density at radius 3 is 2.59 bits per heavy atom. The van der Waals surface area contributed by atoms with E-state index < -0.39 is 0 Å². The summed E-state index contributed by atoms with van der Waals surface area (Å²) in [4.78, 5) is 16.6. The zero-order valence-corrected chi connectivity index (χ0v) is 15.1. The molecule has 0 aliphatic heterocycles. The summed E-state index contributed by atoms with van der Waals surface area (Å²) in [5, 5.41) is 2.89. The second-order valence-electron chi connectivity index (χ2n) is 5.67. The average molecular weight is 364 g/mol. The highest BCUT2D eigenvalue weighted by molar-refractivity contribution is 5.97. The van der Waals surface area contributed by atoms with Crippen LogP contribution in [0.3, 0.4) is 0 Å². The molecular weight excluding hydrogens is 344 g/mol. The van der Waals surface area contributed by atoms with Crippen molar-refractivity contribution in [1.29, 1.82) is 0 Å². The number of amides is 1. The van der Waals surface area contributed by atoms with Crippen molar-refractivity contribution in [3.8, 4) is 23.1 Å². The third kappa shape index (κ3) is 4.76. The number of rotatable bonds is 7. The van der Waals surface area contributed by atoms with E-state index in [2.05, 4.69) is 10.3 Å². The molecule has 0 aliphatic rings. The third-order valence-electron chi connectivity index (χ3n) is 3.87. The maximum absolute atomic E-state index is 12.5. The van der Waals surface area contributed by atoms with Crippen LogP contribution >= 0.6 is 0 Å². The molecule has 0 aliphatic carbocycles. The molecule has 2 aromatic carbocycles. The summed E-state index contributed by atoms with van der Waals surface area (Å²) in [7, 11) is 3.08. The molecule has 0 spiro atoms. The van der Waals surface area contributed by atoms with Crippen molar-refractivity contribution < 1.29 is 19.0 Å². The molecule has 1 heterocycles. The minimum atomic E-state index is -0.231. The number of pyridine rings is 1. The highest BCUT2D eigenvalue weighted by Gasteiger charge is 2.13. The van der Waals surface area contributed by atoms with Crippen molar-refractivity contribution in [2.45, 2.75) is 6.54 Å². The smallest absolute Gasteiger partial charge is 0.255 e. The van der Waals surface area contributed by atoms with Crippen molar-refractivity contribution in [2.75, 3.05) is 14.2 Å². The Morgan fingerprint density at radius 2 is 1.85 bits per heavy atom. The predicted molar refractivity (Wildman–Crippen MR) is 101 cm³/mol. The average Bonchev–Trinajstić information content (AvgIpc) is 2.72. The molecule has 27 heavy (non-hydrogen) atoms. The molecule has 0 radical (unpaired) electrons. The maximum Gasteiger partial charge on any atom is 0.255 e. The van der Waals surface area contributed by atoms with E-state index in [-0.39, 0.29) is 5.91 Å². The molecule has 6 heteroatoms. The molecule has 138 valence electrons. The van der Waals surface area contributed by atoms with E-state index in [9.17, 15) is 4.79 Å². The first kappa shape index (κ1) is 18.3. The molecule has 1 N–H and O–H groups in total.